The van der Waals surface area contributed by atoms with E-state index in [2.05, 4.69) is 33.4 Å². The van der Waals surface area contributed by atoms with Gasteiger partial charge in [0.25, 0.3) is 5.56 Å². The second-order valence-corrected chi connectivity index (χ2v) is 8.09. The van der Waals surface area contributed by atoms with Crippen LogP contribution in [0.25, 0.3) is 22.1 Å². The quantitative estimate of drug-likeness (QED) is 0.431. The molecule has 0 fully saturated rings. The van der Waals surface area contributed by atoms with Gasteiger partial charge in [-0.3, -0.25) is 18.5 Å². The lowest BCUT2D eigenvalue weighted by Crippen LogP contribution is -2.40. The SMILES string of the molecule is C=C(N)CN(C)c1nc2c(c(=O)n(Cc3nc(C)c4ccccc4n3)c(=O)n2C)n1CC#CC. The average molecular weight is 459 g/mol. The minimum Gasteiger partial charge on any atom is -0.401 e. The molecule has 2 N–H and O–H groups in total. The number of anilines is 1. The molecule has 0 bridgehead atoms. The lowest BCUT2D eigenvalue weighted by Gasteiger charge is -2.18. The van der Waals surface area contributed by atoms with Gasteiger partial charge in [0, 0.05) is 30.9 Å². The van der Waals surface area contributed by atoms with Gasteiger partial charge < -0.3 is 10.6 Å². The number of hydrogen-bond donors (Lipinski definition) is 1. The standard InChI is InChI=1S/C24H26N8O2/c1-6-7-12-31-20-21(28-23(31)29(4)13-15(2)25)30(5)24(34)32(22(20)33)14-19-26-16(3)17-10-8-9-11-18(17)27-19/h8-11H,2,12-14,25H2,1,3-5H3. The fourth-order valence-corrected chi connectivity index (χ4v) is 3.98. The number of nitrogens with zero attached hydrogens (tertiary/aromatic N) is 7. The van der Waals surface area contributed by atoms with E-state index in [4.69, 9.17) is 5.73 Å². The molecule has 0 saturated carbocycles. The van der Waals surface area contributed by atoms with Crippen molar-refractivity contribution >= 4 is 28.0 Å². The third-order valence-electron chi connectivity index (χ3n) is 5.55. The van der Waals surface area contributed by atoms with Crippen LogP contribution >= 0.6 is 0 Å². The molecule has 3 heterocycles. The van der Waals surface area contributed by atoms with Gasteiger partial charge in [0.15, 0.2) is 11.2 Å². The summed E-state index contributed by atoms with van der Waals surface area (Å²) >= 11 is 0. The molecule has 10 nitrogen and oxygen atoms in total. The van der Waals surface area contributed by atoms with Crippen LogP contribution in [0.15, 0.2) is 46.1 Å². The van der Waals surface area contributed by atoms with E-state index in [1.807, 2.05) is 31.2 Å². The summed E-state index contributed by atoms with van der Waals surface area (Å²) in [6.07, 6.45) is 0. The van der Waals surface area contributed by atoms with Crippen LogP contribution in [0.2, 0.25) is 0 Å². The molecular formula is C24H26N8O2. The molecular weight excluding hydrogens is 432 g/mol. The highest BCUT2D eigenvalue weighted by molar-refractivity contribution is 5.80. The predicted molar refractivity (Wildman–Crippen MR) is 133 cm³/mol. The van der Waals surface area contributed by atoms with Crippen molar-refractivity contribution in [2.24, 2.45) is 12.8 Å². The summed E-state index contributed by atoms with van der Waals surface area (Å²) in [5, 5.41) is 0.923. The van der Waals surface area contributed by atoms with Crippen LogP contribution < -0.4 is 21.9 Å². The number of hydrogen-bond acceptors (Lipinski definition) is 7. The number of aromatic nitrogens is 6. The molecule has 4 rings (SSSR count). The number of fused-ring (bicyclic) bond motifs is 2. The van der Waals surface area contributed by atoms with Crippen molar-refractivity contribution in [2.75, 3.05) is 18.5 Å². The Bertz CT molecular complexity index is 1610. The normalized spacial score (nSPS) is 10.9. The van der Waals surface area contributed by atoms with Crippen molar-refractivity contribution in [2.45, 2.75) is 26.9 Å². The molecule has 4 aromatic rings. The monoisotopic (exact) mass is 458 g/mol. The fraction of sp³-hybridized carbons (Fsp3) is 0.292. The van der Waals surface area contributed by atoms with Crippen LogP contribution in [0, 0.1) is 18.8 Å². The third-order valence-corrected chi connectivity index (χ3v) is 5.55. The Morgan fingerprint density at radius 2 is 1.91 bits per heavy atom. The number of likely N-dealkylation sites (N-methyl/N-ethyl adjacent to an activating group) is 1. The molecule has 0 saturated heterocycles. The maximum absolute atomic E-state index is 13.6. The highest BCUT2D eigenvalue weighted by atomic mass is 16.2. The first-order chi connectivity index (χ1) is 16.2. The lowest BCUT2D eigenvalue weighted by atomic mass is 10.2. The number of benzene rings is 1. The second kappa shape index (κ2) is 8.86. The maximum Gasteiger partial charge on any atom is 0.332 e. The van der Waals surface area contributed by atoms with E-state index in [0.717, 1.165) is 21.2 Å². The average Bonchev–Trinajstić information content (AvgIpc) is 3.18. The van der Waals surface area contributed by atoms with Crippen molar-refractivity contribution in [3.05, 3.63) is 68.9 Å². The van der Waals surface area contributed by atoms with Gasteiger partial charge in [-0.2, -0.15) is 4.98 Å². The Labute approximate surface area is 196 Å². The smallest absolute Gasteiger partial charge is 0.332 e. The van der Waals surface area contributed by atoms with E-state index in [9.17, 15) is 9.59 Å². The molecule has 0 spiro atoms. The largest absolute Gasteiger partial charge is 0.401 e. The van der Waals surface area contributed by atoms with E-state index in [0.29, 0.717) is 24.0 Å². The van der Waals surface area contributed by atoms with Crippen LogP contribution in [0.4, 0.5) is 5.95 Å². The van der Waals surface area contributed by atoms with Crippen molar-refractivity contribution < 1.29 is 0 Å². The van der Waals surface area contributed by atoms with E-state index >= 15 is 0 Å². The number of aryl methyl sites for hydroxylation is 2. The van der Waals surface area contributed by atoms with Crippen molar-refractivity contribution in [3.8, 4) is 11.8 Å². The number of imidazole rings is 1. The van der Waals surface area contributed by atoms with Gasteiger partial charge in [-0.1, -0.05) is 30.7 Å². The van der Waals surface area contributed by atoms with Gasteiger partial charge in [-0.15, -0.1) is 5.92 Å². The van der Waals surface area contributed by atoms with Crippen LogP contribution in [-0.2, 0) is 20.1 Å². The number of rotatable bonds is 6. The summed E-state index contributed by atoms with van der Waals surface area (Å²) in [5.74, 6) is 6.67. The van der Waals surface area contributed by atoms with Crippen molar-refractivity contribution in [1.29, 1.82) is 0 Å². The predicted octanol–water partition coefficient (Wildman–Crippen LogP) is 1.13. The molecule has 0 radical (unpaired) electrons. The minimum absolute atomic E-state index is 0.0669. The van der Waals surface area contributed by atoms with Gasteiger partial charge in [-0.05, 0) is 19.9 Å². The zero-order valence-corrected chi connectivity index (χ0v) is 19.7. The highest BCUT2D eigenvalue weighted by Gasteiger charge is 2.22. The van der Waals surface area contributed by atoms with Gasteiger partial charge in [0.05, 0.1) is 25.2 Å². The molecule has 0 aliphatic carbocycles. The van der Waals surface area contributed by atoms with Crippen molar-refractivity contribution in [3.63, 3.8) is 0 Å². The Hall–Kier alpha value is -4.39. The van der Waals surface area contributed by atoms with Gasteiger partial charge in [0.2, 0.25) is 5.95 Å². The van der Waals surface area contributed by atoms with Crippen molar-refractivity contribution in [1.82, 2.24) is 28.7 Å². The van der Waals surface area contributed by atoms with Gasteiger partial charge in [0.1, 0.15) is 5.82 Å². The molecule has 10 heteroatoms. The maximum atomic E-state index is 13.6. The molecule has 3 aromatic heterocycles. The van der Waals surface area contributed by atoms with Crippen LogP contribution in [0.5, 0.6) is 0 Å². The topological polar surface area (TPSA) is 117 Å². The van der Waals surface area contributed by atoms with Gasteiger partial charge >= 0.3 is 5.69 Å². The Balaban J connectivity index is 1.93. The molecule has 174 valence electrons. The summed E-state index contributed by atoms with van der Waals surface area (Å²) in [5.41, 5.74) is 7.31. The first-order valence-electron chi connectivity index (χ1n) is 10.7. The Kier molecular flexibility index (Phi) is 5.94. The second-order valence-electron chi connectivity index (χ2n) is 8.09. The summed E-state index contributed by atoms with van der Waals surface area (Å²) in [7, 11) is 3.37. The zero-order chi connectivity index (χ0) is 24.6. The molecule has 0 aliphatic heterocycles. The molecule has 0 unspecified atom stereocenters. The van der Waals surface area contributed by atoms with E-state index in [-0.39, 0.29) is 24.3 Å². The fourth-order valence-electron chi connectivity index (χ4n) is 3.98. The molecule has 34 heavy (non-hydrogen) atoms. The summed E-state index contributed by atoms with van der Waals surface area (Å²) in [6.45, 7) is 7.83. The van der Waals surface area contributed by atoms with Crippen LogP contribution in [-0.4, -0.2) is 42.2 Å². The van der Waals surface area contributed by atoms with Crippen LogP contribution in [0.1, 0.15) is 18.4 Å². The molecule has 0 atom stereocenters. The van der Waals surface area contributed by atoms with E-state index < -0.39 is 11.2 Å². The first kappa shape index (κ1) is 22.8. The molecule has 0 aliphatic rings. The first-order valence-corrected chi connectivity index (χ1v) is 10.7. The van der Waals surface area contributed by atoms with E-state index in [1.54, 1.807) is 30.5 Å². The zero-order valence-electron chi connectivity index (χ0n) is 19.7. The number of para-hydroxylation sites is 1. The minimum atomic E-state index is -0.504. The number of nitrogens with two attached hydrogens (primary N) is 1. The molecule has 0 amide bonds. The summed E-state index contributed by atoms with van der Waals surface area (Å²) in [6, 6.07) is 7.62. The summed E-state index contributed by atoms with van der Waals surface area (Å²) in [4.78, 5) is 42.3. The third kappa shape index (κ3) is 3.92. The lowest BCUT2D eigenvalue weighted by molar-refractivity contribution is 0.633. The van der Waals surface area contributed by atoms with Crippen LogP contribution in [0.3, 0.4) is 0 Å². The highest BCUT2D eigenvalue weighted by Crippen LogP contribution is 2.19. The van der Waals surface area contributed by atoms with E-state index in [1.165, 1.54) is 4.57 Å². The van der Waals surface area contributed by atoms with Gasteiger partial charge in [-0.25, -0.2) is 14.8 Å². The Morgan fingerprint density at radius 1 is 1.18 bits per heavy atom. The molecule has 1 aromatic carbocycles. The Morgan fingerprint density at radius 3 is 2.62 bits per heavy atom. The summed E-state index contributed by atoms with van der Waals surface area (Å²) < 4.78 is 4.18.